The minimum absolute atomic E-state index is 0.0898. The lowest BCUT2D eigenvalue weighted by Gasteiger charge is -2.34. The smallest absolute Gasteiger partial charge is 0.235 e. The molecule has 0 saturated carbocycles. The van der Waals surface area contributed by atoms with Crippen molar-refractivity contribution in [3.05, 3.63) is 33.3 Å². The fraction of sp³-hybridized carbons (Fsp3) is 0.385. The molecule has 0 aliphatic carbocycles. The Morgan fingerprint density at radius 2 is 2.06 bits per heavy atom. The van der Waals surface area contributed by atoms with Crippen molar-refractivity contribution in [1.29, 1.82) is 0 Å². The van der Waals surface area contributed by atoms with Crippen LogP contribution >= 0.6 is 27.5 Å². The largest absolute Gasteiger partial charge is 0.350 e. The zero-order valence-electron chi connectivity index (χ0n) is 10.1. The first-order valence-corrected chi connectivity index (χ1v) is 6.77. The minimum atomic E-state index is -0.793. The molecule has 1 aromatic rings. The molecule has 3 nitrogen and oxygen atoms in total. The van der Waals surface area contributed by atoms with E-state index in [2.05, 4.69) is 21.2 Å². The summed E-state index contributed by atoms with van der Waals surface area (Å²) in [5.74, 6) is -1.16. The molecule has 0 spiro atoms. The molecule has 18 heavy (non-hydrogen) atoms. The van der Waals surface area contributed by atoms with E-state index in [1.165, 1.54) is 0 Å². The summed E-state index contributed by atoms with van der Waals surface area (Å²) in [6.45, 7) is 3.67. The van der Waals surface area contributed by atoms with E-state index in [1.54, 1.807) is 18.2 Å². The van der Waals surface area contributed by atoms with Crippen LogP contribution in [0.25, 0.3) is 0 Å². The molecule has 1 atom stereocenters. The van der Waals surface area contributed by atoms with E-state index in [-0.39, 0.29) is 11.7 Å². The fourth-order valence-electron chi connectivity index (χ4n) is 2.18. The number of carbonyl (C=O) groups excluding carboxylic acids is 2. The second-order valence-corrected chi connectivity index (χ2v) is 6.44. The molecule has 1 unspecified atom stereocenters. The fourth-order valence-corrected chi connectivity index (χ4v) is 2.97. The van der Waals surface area contributed by atoms with Crippen LogP contribution in [-0.4, -0.2) is 17.2 Å². The normalized spacial score (nSPS) is 22.8. The van der Waals surface area contributed by atoms with Crippen LogP contribution in [0.1, 0.15) is 31.7 Å². The van der Waals surface area contributed by atoms with E-state index in [0.717, 1.165) is 4.47 Å². The van der Waals surface area contributed by atoms with Crippen molar-refractivity contribution in [3.63, 3.8) is 0 Å². The Hall–Kier alpha value is -0.870. The van der Waals surface area contributed by atoms with Crippen LogP contribution in [0.15, 0.2) is 22.7 Å². The number of hydrogen-bond donors (Lipinski definition) is 1. The number of benzene rings is 1. The second kappa shape index (κ2) is 4.67. The van der Waals surface area contributed by atoms with Gasteiger partial charge >= 0.3 is 0 Å². The van der Waals surface area contributed by atoms with Gasteiger partial charge in [0.25, 0.3) is 0 Å². The molecular weight excluding hydrogens is 318 g/mol. The van der Waals surface area contributed by atoms with Crippen molar-refractivity contribution in [2.75, 3.05) is 0 Å². The minimum Gasteiger partial charge on any atom is -0.350 e. The van der Waals surface area contributed by atoms with Crippen LogP contribution in [0.5, 0.6) is 0 Å². The lowest BCUT2D eigenvalue weighted by atomic mass is 9.82. The standard InChI is InChI=1S/C13H13BrClNO2/c1-13(2)6-10(17)11(12(18)16-13)8-4-3-7(14)5-9(8)15/h3-5,11H,6H2,1-2H3,(H,16,18). The predicted octanol–water partition coefficient (Wildman–Crippen LogP) is 3.05. The average Bonchev–Trinajstić information content (AvgIpc) is 2.18. The van der Waals surface area contributed by atoms with Crippen molar-refractivity contribution in [3.8, 4) is 0 Å². The summed E-state index contributed by atoms with van der Waals surface area (Å²) >= 11 is 9.40. The molecule has 1 fully saturated rings. The van der Waals surface area contributed by atoms with Crippen molar-refractivity contribution in [2.45, 2.75) is 31.7 Å². The highest BCUT2D eigenvalue weighted by Gasteiger charge is 2.40. The van der Waals surface area contributed by atoms with Crippen LogP contribution in [0, 0.1) is 0 Å². The molecule has 96 valence electrons. The van der Waals surface area contributed by atoms with Crippen molar-refractivity contribution in [1.82, 2.24) is 5.32 Å². The summed E-state index contributed by atoms with van der Waals surface area (Å²) in [6, 6.07) is 5.19. The van der Waals surface area contributed by atoms with Crippen LogP contribution in [0.3, 0.4) is 0 Å². The third-order valence-electron chi connectivity index (χ3n) is 2.94. The number of nitrogens with one attached hydrogen (secondary N) is 1. The SMILES string of the molecule is CC1(C)CC(=O)C(c2ccc(Br)cc2Cl)C(=O)N1. The summed E-state index contributed by atoms with van der Waals surface area (Å²) in [6.07, 6.45) is 0.315. The van der Waals surface area contributed by atoms with E-state index in [0.29, 0.717) is 17.0 Å². The number of ketones is 1. The highest BCUT2D eigenvalue weighted by molar-refractivity contribution is 9.10. The summed E-state index contributed by atoms with van der Waals surface area (Å²) in [4.78, 5) is 24.2. The van der Waals surface area contributed by atoms with E-state index < -0.39 is 11.5 Å². The number of rotatable bonds is 1. The highest BCUT2D eigenvalue weighted by atomic mass is 79.9. The van der Waals surface area contributed by atoms with Gasteiger partial charge in [-0.1, -0.05) is 33.6 Å². The molecule has 1 heterocycles. The third kappa shape index (κ3) is 2.59. The molecule has 1 N–H and O–H groups in total. The average molecular weight is 331 g/mol. The zero-order chi connectivity index (χ0) is 13.5. The molecule has 1 aliphatic heterocycles. The molecule has 0 bridgehead atoms. The van der Waals surface area contributed by atoms with E-state index in [1.807, 2.05) is 13.8 Å². The third-order valence-corrected chi connectivity index (χ3v) is 3.76. The van der Waals surface area contributed by atoms with Gasteiger partial charge in [0.15, 0.2) is 5.78 Å². The van der Waals surface area contributed by atoms with E-state index in [9.17, 15) is 9.59 Å². The van der Waals surface area contributed by atoms with Gasteiger partial charge in [-0.2, -0.15) is 0 Å². The van der Waals surface area contributed by atoms with Crippen LogP contribution in [-0.2, 0) is 9.59 Å². The van der Waals surface area contributed by atoms with Crippen LogP contribution in [0.2, 0.25) is 5.02 Å². The maximum absolute atomic E-state index is 12.1. The Bertz CT molecular complexity index is 508. The summed E-state index contributed by atoms with van der Waals surface area (Å²) < 4.78 is 0.820. The monoisotopic (exact) mass is 329 g/mol. The molecule has 1 saturated heterocycles. The molecule has 1 amide bonds. The molecule has 0 aromatic heterocycles. The first kappa shape index (κ1) is 13.6. The van der Waals surface area contributed by atoms with Gasteiger partial charge in [-0.3, -0.25) is 9.59 Å². The Balaban J connectivity index is 2.39. The maximum Gasteiger partial charge on any atom is 0.235 e. The summed E-state index contributed by atoms with van der Waals surface area (Å²) in [5.41, 5.74) is 0.0878. The van der Waals surface area contributed by atoms with Gasteiger partial charge in [0.2, 0.25) is 5.91 Å². The van der Waals surface area contributed by atoms with Crippen LogP contribution < -0.4 is 5.32 Å². The number of amides is 1. The molecular formula is C13H13BrClNO2. The van der Waals surface area contributed by atoms with Gasteiger partial charge in [-0.15, -0.1) is 0 Å². The Morgan fingerprint density at radius 1 is 1.39 bits per heavy atom. The topological polar surface area (TPSA) is 46.2 Å². The number of halogens is 2. The molecule has 5 heteroatoms. The lowest BCUT2D eigenvalue weighted by molar-refractivity contribution is -0.136. The summed E-state index contributed by atoms with van der Waals surface area (Å²) in [7, 11) is 0. The molecule has 1 aromatic carbocycles. The molecule has 2 rings (SSSR count). The second-order valence-electron chi connectivity index (χ2n) is 5.12. The Morgan fingerprint density at radius 3 is 2.61 bits per heavy atom. The first-order valence-electron chi connectivity index (χ1n) is 5.60. The van der Waals surface area contributed by atoms with Gasteiger partial charge in [0.1, 0.15) is 5.92 Å². The van der Waals surface area contributed by atoms with Gasteiger partial charge in [0, 0.05) is 21.5 Å². The van der Waals surface area contributed by atoms with Gasteiger partial charge in [-0.05, 0) is 31.5 Å². The Labute approximate surface area is 119 Å². The molecule has 1 aliphatic rings. The number of hydrogen-bond acceptors (Lipinski definition) is 2. The van der Waals surface area contributed by atoms with Gasteiger partial charge in [0.05, 0.1) is 0 Å². The summed E-state index contributed by atoms with van der Waals surface area (Å²) in [5, 5.41) is 3.27. The Kier molecular flexibility index (Phi) is 3.52. The molecule has 0 radical (unpaired) electrons. The van der Waals surface area contributed by atoms with E-state index >= 15 is 0 Å². The predicted molar refractivity (Wildman–Crippen MR) is 73.7 cm³/mol. The zero-order valence-corrected chi connectivity index (χ0v) is 12.4. The number of Topliss-reactive ketones (excluding diaryl/α,β-unsaturated/α-hetero) is 1. The van der Waals surface area contributed by atoms with Gasteiger partial charge < -0.3 is 5.32 Å². The van der Waals surface area contributed by atoms with Crippen molar-refractivity contribution in [2.24, 2.45) is 0 Å². The number of carbonyl (C=O) groups is 2. The highest BCUT2D eigenvalue weighted by Crippen LogP contribution is 2.33. The number of piperidine rings is 1. The van der Waals surface area contributed by atoms with E-state index in [4.69, 9.17) is 11.6 Å². The maximum atomic E-state index is 12.1. The lowest BCUT2D eigenvalue weighted by Crippen LogP contribution is -2.53. The van der Waals surface area contributed by atoms with Crippen molar-refractivity contribution < 1.29 is 9.59 Å². The van der Waals surface area contributed by atoms with Gasteiger partial charge in [-0.25, -0.2) is 0 Å². The van der Waals surface area contributed by atoms with Crippen molar-refractivity contribution >= 4 is 39.2 Å². The first-order chi connectivity index (χ1) is 8.30. The van der Waals surface area contributed by atoms with Crippen LogP contribution in [0.4, 0.5) is 0 Å². The quantitative estimate of drug-likeness (QED) is 0.805.